The molecule has 0 unspecified atom stereocenters. The molecule has 1 fully saturated rings. The van der Waals surface area contributed by atoms with E-state index in [4.69, 9.17) is 16.3 Å². The normalized spacial score (nSPS) is 14.3. The Hall–Kier alpha value is -2.99. The highest BCUT2D eigenvalue weighted by atomic mass is 35.5. The molecule has 1 aromatic heterocycles. The molecule has 1 aliphatic rings. The fourth-order valence-corrected chi connectivity index (χ4v) is 3.06. The van der Waals surface area contributed by atoms with Gasteiger partial charge in [0.2, 0.25) is 0 Å². The third kappa shape index (κ3) is 3.82. The standard InChI is InChI=1S/C17H13ClF3N5O2/c18-13-9-11(17(19,20)21)1-2-14(13)26-16(25-4-7-28-8-5-25)12(10-22)15(24-26)23-3-6-27/h1-3,9H,4-5,7-8H2,(H,23,24). The van der Waals surface area contributed by atoms with Crippen molar-refractivity contribution >= 4 is 29.2 Å². The summed E-state index contributed by atoms with van der Waals surface area (Å²) >= 11 is 6.11. The van der Waals surface area contributed by atoms with E-state index >= 15 is 0 Å². The van der Waals surface area contributed by atoms with E-state index in [1.54, 1.807) is 0 Å². The maximum atomic E-state index is 12.9. The molecule has 11 heteroatoms. The van der Waals surface area contributed by atoms with Crippen molar-refractivity contribution in [1.29, 1.82) is 5.26 Å². The summed E-state index contributed by atoms with van der Waals surface area (Å²) in [6, 6.07) is 4.88. The van der Waals surface area contributed by atoms with Gasteiger partial charge in [-0.3, -0.25) is 0 Å². The van der Waals surface area contributed by atoms with Crippen molar-refractivity contribution in [2.45, 2.75) is 6.18 Å². The molecular weight excluding hydrogens is 399 g/mol. The zero-order valence-corrected chi connectivity index (χ0v) is 15.0. The minimum atomic E-state index is -4.54. The maximum Gasteiger partial charge on any atom is 0.416 e. The van der Waals surface area contributed by atoms with E-state index in [1.165, 1.54) is 16.7 Å². The third-order valence-electron chi connectivity index (χ3n) is 4.05. The van der Waals surface area contributed by atoms with Crippen LogP contribution in [0, 0.1) is 11.3 Å². The summed E-state index contributed by atoms with van der Waals surface area (Å²) in [7, 11) is 0. The van der Waals surface area contributed by atoms with Crippen LogP contribution < -0.4 is 10.2 Å². The number of nitrogens with zero attached hydrogens (tertiary/aromatic N) is 4. The number of morpholine rings is 1. The molecule has 1 N–H and O–H groups in total. The van der Waals surface area contributed by atoms with Gasteiger partial charge in [0.1, 0.15) is 17.6 Å². The van der Waals surface area contributed by atoms with Gasteiger partial charge in [0.25, 0.3) is 0 Å². The fraction of sp³-hybridized carbons (Fsp3) is 0.294. The number of ether oxygens (including phenoxy) is 1. The number of alkyl halides is 3. The summed E-state index contributed by atoms with van der Waals surface area (Å²) in [4.78, 5) is 12.3. The average Bonchev–Trinajstić information content (AvgIpc) is 3.04. The van der Waals surface area contributed by atoms with Crippen LogP contribution in [0.15, 0.2) is 24.4 Å². The minimum Gasteiger partial charge on any atom is -0.378 e. The Bertz CT molecular complexity index is 970. The lowest BCUT2D eigenvalue weighted by atomic mass is 10.2. The molecule has 0 atom stereocenters. The van der Waals surface area contributed by atoms with Crippen LogP contribution in [0.2, 0.25) is 5.02 Å². The number of carbonyl (C=O) groups excluding carboxylic acids is 1. The highest BCUT2D eigenvalue weighted by Gasteiger charge is 2.32. The molecule has 1 saturated heterocycles. The van der Waals surface area contributed by atoms with Gasteiger partial charge in [-0.05, 0) is 18.2 Å². The second kappa shape index (κ2) is 7.94. The number of nitrogens with one attached hydrogen (secondary N) is 1. The number of anilines is 2. The fourth-order valence-electron chi connectivity index (χ4n) is 2.80. The van der Waals surface area contributed by atoms with Gasteiger partial charge in [0, 0.05) is 13.1 Å². The summed E-state index contributed by atoms with van der Waals surface area (Å²) < 4.78 is 45.4. The molecule has 0 spiro atoms. The lowest BCUT2D eigenvalue weighted by Gasteiger charge is -2.29. The van der Waals surface area contributed by atoms with Gasteiger partial charge in [-0.15, -0.1) is 5.10 Å². The first-order valence-electron chi connectivity index (χ1n) is 8.05. The van der Waals surface area contributed by atoms with E-state index in [0.717, 1.165) is 18.3 Å². The maximum absolute atomic E-state index is 12.9. The molecule has 0 bridgehead atoms. The summed E-state index contributed by atoms with van der Waals surface area (Å²) in [6.45, 7) is 1.71. The second-order valence-electron chi connectivity index (χ2n) is 5.74. The predicted octanol–water partition coefficient (Wildman–Crippen LogP) is 3.01. The summed E-state index contributed by atoms with van der Waals surface area (Å²) in [6.07, 6.45) is -3.61. The quantitative estimate of drug-likeness (QED) is 0.779. The van der Waals surface area contributed by atoms with E-state index < -0.39 is 11.7 Å². The van der Waals surface area contributed by atoms with Crippen molar-refractivity contribution in [3.05, 3.63) is 40.5 Å². The smallest absolute Gasteiger partial charge is 0.378 e. The van der Waals surface area contributed by atoms with Crippen molar-refractivity contribution in [3.8, 4) is 11.8 Å². The number of benzene rings is 1. The molecule has 1 aliphatic heterocycles. The largest absolute Gasteiger partial charge is 0.416 e. The summed E-state index contributed by atoms with van der Waals surface area (Å²) in [5, 5.41) is 16.2. The van der Waals surface area contributed by atoms with Gasteiger partial charge in [0.15, 0.2) is 11.6 Å². The summed E-state index contributed by atoms with van der Waals surface area (Å²) in [5.74, 6) is 1.92. The van der Waals surface area contributed by atoms with Crippen LogP contribution in [0.25, 0.3) is 5.69 Å². The predicted molar refractivity (Wildman–Crippen MR) is 95.2 cm³/mol. The zero-order chi connectivity index (χ0) is 20.3. The van der Waals surface area contributed by atoms with Crippen LogP contribution in [0.1, 0.15) is 11.1 Å². The molecule has 28 heavy (non-hydrogen) atoms. The van der Waals surface area contributed by atoms with Crippen molar-refractivity contribution in [1.82, 2.24) is 9.78 Å². The van der Waals surface area contributed by atoms with Crippen molar-refractivity contribution in [2.24, 2.45) is 0 Å². The molecule has 0 aliphatic carbocycles. The van der Waals surface area contributed by atoms with Crippen molar-refractivity contribution in [2.75, 3.05) is 36.5 Å². The molecular formula is C17H13ClF3N5O2. The molecule has 2 aromatic rings. The molecule has 0 amide bonds. The highest BCUT2D eigenvalue weighted by molar-refractivity contribution is 6.32. The van der Waals surface area contributed by atoms with Crippen LogP contribution in [-0.4, -0.2) is 42.0 Å². The molecule has 0 saturated carbocycles. The number of aromatic nitrogens is 2. The lowest BCUT2D eigenvalue weighted by molar-refractivity contribution is -0.137. The van der Waals surface area contributed by atoms with E-state index in [0.29, 0.717) is 32.1 Å². The van der Waals surface area contributed by atoms with E-state index in [-0.39, 0.29) is 22.1 Å². The Labute approximate surface area is 162 Å². The van der Waals surface area contributed by atoms with Gasteiger partial charge >= 0.3 is 6.18 Å². The number of rotatable bonds is 4. The van der Waals surface area contributed by atoms with Gasteiger partial charge in [-0.1, -0.05) is 11.6 Å². The Morgan fingerprint density at radius 1 is 1.32 bits per heavy atom. The van der Waals surface area contributed by atoms with Crippen LogP contribution in [0.3, 0.4) is 0 Å². The van der Waals surface area contributed by atoms with Crippen LogP contribution >= 0.6 is 11.6 Å². The first kappa shape index (κ1) is 19.8. The molecule has 0 radical (unpaired) electrons. The van der Waals surface area contributed by atoms with E-state index in [2.05, 4.69) is 10.4 Å². The van der Waals surface area contributed by atoms with E-state index in [1.807, 2.05) is 11.0 Å². The SMILES string of the molecule is N#Cc1c(NC=C=O)nn(-c2ccc(C(F)(F)F)cc2Cl)c1N1CCOCC1. The molecule has 146 valence electrons. The Balaban J connectivity index is 2.17. The Kier molecular flexibility index (Phi) is 5.61. The zero-order valence-electron chi connectivity index (χ0n) is 14.3. The van der Waals surface area contributed by atoms with Crippen molar-refractivity contribution in [3.63, 3.8) is 0 Å². The average molecular weight is 412 g/mol. The number of nitriles is 1. The topological polar surface area (TPSA) is 83.2 Å². The van der Waals surface area contributed by atoms with Gasteiger partial charge in [-0.2, -0.15) is 18.4 Å². The van der Waals surface area contributed by atoms with Crippen LogP contribution in [0.4, 0.5) is 24.8 Å². The second-order valence-corrected chi connectivity index (χ2v) is 6.15. The van der Waals surface area contributed by atoms with Gasteiger partial charge in [0.05, 0.1) is 35.7 Å². The number of hydrogen-bond acceptors (Lipinski definition) is 6. The number of hydrogen-bond donors (Lipinski definition) is 1. The Morgan fingerprint density at radius 2 is 2.04 bits per heavy atom. The minimum absolute atomic E-state index is 0.0586. The summed E-state index contributed by atoms with van der Waals surface area (Å²) in [5.41, 5.74) is -0.621. The van der Waals surface area contributed by atoms with Crippen molar-refractivity contribution < 1.29 is 22.7 Å². The lowest BCUT2D eigenvalue weighted by Crippen LogP contribution is -2.38. The van der Waals surface area contributed by atoms with Gasteiger partial charge < -0.3 is 15.0 Å². The van der Waals surface area contributed by atoms with Gasteiger partial charge in [-0.25, -0.2) is 9.48 Å². The first-order valence-corrected chi connectivity index (χ1v) is 8.43. The Morgan fingerprint density at radius 3 is 2.61 bits per heavy atom. The third-order valence-corrected chi connectivity index (χ3v) is 4.36. The molecule has 2 heterocycles. The monoisotopic (exact) mass is 411 g/mol. The first-order chi connectivity index (χ1) is 13.4. The van der Waals surface area contributed by atoms with Crippen LogP contribution in [-0.2, 0) is 15.7 Å². The molecule has 3 rings (SSSR count). The van der Waals surface area contributed by atoms with E-state index in [9.17, 15) is 23.2 Å². The molecule has 1 aromatic carbocycles. The highest BCUT2D eigenvalue weighted by Crippen LogP contribution is 2.36. The van der Waals surface area contributed by atoms with Crippen LogP contribution in [0.5, 0.6) is 0 Å². The number of halogens is 4. The molecule has 7 nitrogen and oxygen atoms in total.